The summed E-state index contributed by atoms with van der Waals surface area (Å²) in [5, 5.41) is 7.37. The van der Waals surface area contributed by atoms with Crippen molar-refractivity contribution in [2.75, 3.05) is 13.3 Å². The van der Waals surface area contributed by atoms with Crippen molar-refractivity contribution in [3.63, 3.8) is 0 Å². The lowest BCUT2D eigenvalue weighted by Crippen LogP contribution is -2.26. The van der Waals surface area contributed by atoms with Crippen LogP contribution in [-0.2, 0) is 17.9 Å². The third-order valence-electron chi connectivity index (χ3n) is 5.31. The first-order valence-electron chi connectivity index (χ1n) is 10.6. The molecule has 0 aliphatic carbocycles. The number of fused-ring (bicyclic) bond motifs is 2. The van der Waals surface area contributed by atoms with Crippen molar-refractivity contribution >= 4 is 23.0 Å². The molecule has 34 heavy (non-hydrogen) atoms. The number of rotatable bonds is 7. The Morgan fingerprint density at radius 1 is 1.18 bits per heavy atom. The van der Waals surface area contributed by atoms with Crippen molar-refractivity contribution in [3.05, 3.63) is 88.4 Å². The molecule has 0 saturated carbocycles. The molecule has 1 amide bonds. The molecule has 4 aromatic rings. The van der Waals surface area contributed by atoms with Crippen LogP contribution in [0.2, 0.25) is 0 Å². The number of carbonyl (C=O) groups is 1. The van der Waals surface area contributed by atoms with Crippen molar-refractivity contribution in [3.8, 4) is 11.5 Å². The lowest BCUT2D eigenvalue weighted by molar-refractivity contribution is -0.116. The summed E-state index contributed by atoms with van der Waals surface area (Å²) in [6.07, 6.45) is 5.99. The van der Waals surface area contributed by atoms with Crippen LogP contribution >= 0.6 is 0 Å². The Labute approximate surface area is 193 Å². The highest BCUT2D eigenvalue weighted by Gasteiger charge is 2.13. The van der Waals surface area contributed by atoms with Crippen LogP contribution in [0.1, 0.15) is 11.1 Å². The molecule has 2 aromatic carbocycles. The Kier molecular flexibility index (Phi) is 5.77. The monoisotopic (exact) mass is 461 g/mol. The fourth-order valence-corrected chi connectivity index (χ4v) is 3.64. The molecule has 1 N–H and O–H groups in total. The molecule has 1 aliphatic heterocycles. The Hall–Kier alpha value is -4.47. The molecule has 172 valence electrons. The molecule has 0 saturated heterocycles. The van der Waals surface area contributed by atoms with Gasteiger partial charge in [0.2, 0.25) is 12.7 Å². The molecule has 0 fully saturated rings. The second-order valence-electron chi connectivity index (χ2n) is 7.65. The van der Waals surface area contributed by atoms with E-state index in [0.29, 0.717) is 41.2 Å². The van der Waals surface area contributed by atoms with Gasteiger partial charge in [-0.15, -0.1) is 0 Å². The summed E-state index contributed by atoms with van der Waals surface area (Å²) in [7, 11) is 0. The topological polar surface area (TPSA) is 100 Å². The number of nitrogens with zero attached hydrogens (tertiary/aromatic N) is 4. The number of hydrogen-bond acceptors (Lipinski definition) is 6. The average molecular weight is 461 g/mol. The van der Waals surface area contributed by atoms with E-state index in [9.17, 15) is 14.0 Å². The third kappa shape index (κ3) is 4.51. The number of benzene rings is 2. The molecule has 9 nitrogen and oxygen atoms in total. The van der Waals surface area contributed by atoms with E-state index in [1.807, 2.05) is 6.07 Å². The standard InChI is InChI=1S/C24H20FN5O4/c25-18-3-1-2-17(10-18)13-29-14-27-23-19(24(29)32)12-28-30(23)9-8-26-22(31)7-5-16-4-6-20-21(11-16)34-15-33-20/h1-7,10-12,14H,8-9,13,15H2,(H,26,31)/b7-5+. The van der Waals surface area contributed by atoms with E-state index in [1.165, 1.54) is 35.3 Å². The summed E-state index contributed by atoms with van der Waals surface area (Å²) in [4.78, 5) is 29.3. The number of nitrogens with one attached hydrogen (secondary N) is 1. The van der Waals surface area contributed by atoms with E-state index >= 15 is 0 Å². The molecule has 1 aliphatic rings. The van der Waals surface area contributed by atoms with Crippen molar-refractivity contribution in [2.45, 2.75) is 13.1 Å². The Balaban J connectivity index is 1.20. The fraction of sp³-hybridized carbons (Fsp3) is 0.167. The van der Waals surface area contributed by atoms with Crippen LogP contribution in [0.5, 0.6) is 11.5 Å². The van der Waals surface area contributed by atoms with Gasteiger partial charge in [0.15, 0.2) is 17.1 Å². The highest BCUT2D eigenvalue weighted by Crippen LogP contribution is 2.32. The van der Waals surface area contributed by atoms with Gasteiger partial charge in [0, 0.05) is 12.6 Å². The van der Waals surface area contributed by atoms with Gasteiger partial charge in [-0.25, -0.2) is 14.1 Å². The minimum Gasteiger partial charge on any atom is -0.454 e. The summed E-state index contributed by atoms with van der Waals surface area (Å²) >= 11 is 0. The van der Waals surface area contributed by atoms with Crippen molar-refractivity contribution in [2.24, 2.45) is 0 Å². The number of halogens is 1. The normalized spacial score (nSPS) is 12.5. The molecule has 0 spiro atoms. The molecule has 5 rings (SSSR count). The highest BCUT2D eigenvalue weighted by atomic mass is 19.1. The van der Waals surface area contributed by atoms with Crippen LogP contribution in [0.4, 0.5) is 4.39 Å². The molecule has 2 aromatic heterocycles. The first kappa shape index (κ1) is 21.4. The smallest absolute Gasteiger partial charge is 0.264 e. The van der Waals surface area contributed by atoms with Crippen LogP contribution in [0.3, 0.4) is 0 Å². The summed E-state index contributed by atoms with van der Waals surface area (Å²) in [5.74, 6) is 0.706. The molecule has 0 atom stereocenters. The fourth-order valence-electron chi connectivity index (χ4n) is 3.64. The van der Waals surface area contributed by atoms with Gasteiger partial charge < -0.3 is 14.8 Å². The van der Waals surface area contributed by atoms with Crippen LogP contribution in [0.25, 0.3) is 17.1 Å². The molecule has 0 bridgehead atoms. The Bertz CT molecular complexity index is 1460. The molecule has 10 heteroatoms. The summed E-state index contributed by atoms with van der Waals surface area (Å²) in [5.41, 5.74) is 1.63. The SMILES string of the molecule is O=C(/C=C/c1ccc2c(c1)OCO2)NCCn1ncc2c(=O)n(Cc3cccc(F)c3)cnc21. The van der Waals surface area contributed by atoms with Crippen LogP contribution in [0.15, 0.2) is 65.9 Å². The van der Waals surface area contributed by atoms with Crippen molar-refractivity contribution < 1.29 is 18.7 Å². The molecular formula is C24H20FN5O4. The second-order valence-corrected chi connectivity index (χ2v) is 7.65. The van der Waals surface area contributed by atoms with E-state index in [2.05, 4.69) is 15.4 Å². The third-order valence-corrected chi connectivity index (χ3v) is 5.31. The van der Waals surface area contributed by atoms with Gasteiger partial charge in [0.25, 0.3) is 5.56 Å². The van der Waals surface area contributed by atoms with E-state index in [4.69, 9.17) is 9.47 Å². The number of ether oxygens (including phenoxy) is 2. The van der Waals surface area contributed by atoms with Gasteiger partial charge in [-0.2, -0.15) is 5.10 Å². The maximum Gasteiger partial charge on any atom is 0.264 e. The van der Waals surface area contributed by atoms with Crippen molar-refractivity contribution in [1.29, 1.82) is 0 Å². The number of hydrogen-bond donors (Lipinski definition) is 1. The van der Waals surface area contributed by atoms with Crippen molar-refractivity contribution in [1.82, 2.24) is 24.6 Å². The zero-order chi connectivity index (χ0) is 23.5. The summed E-state index contributed by atoms with van der Waals surface area (Å²) < 4.78 is 27.0. The predicted molar refractivity (Wildman–Crippen MR) is 122 cm³/mol. The van der Waals surface area contributed by atoms with Gasteiger partial charge in [-0.3, -0.25) is 14.2 Å². The van der Waals surface area contributed by atoms with Gasteiger partial charge in [0.05, 0.1) is 19.3 Å². The first-order chi connectivity index (χ1) is 16.6. The van der Waals surface area contributed by atoms with Crippen LogP contribution in [0, 0.1) is 5.82 Å². The zero-order valence-electron chi connectivity index (χ0n) is 18.0. The second kappa shape index (κ2) is 9.18. The molecule has 0 radical (unpaired) electrons. The van der Waals surface area contributed by atoms with E-state index < -0.39 is 0 Å². The molecular weight excluding hydrogens is 441 g/mol. The first-order valence-corrected chi connectivity index (χ1v) is 10.6. The largest absolute Gasteiger partial charge is 0.454 e. The van der Waals surface area contributed by atoms with E-state index in [1.54, 1.807) is 35.0 Å². The lowest BCUT2D eigenvalue weighted by Gasteiger charge is -2.07. The highest BCUT2D eigenvalue weighted by molar-refractivity contribution is 5.91. The summed E-state index contributed by atoms with van der Waals surface area (Å²) in [6.45, 7) is 1.04. The number of carbonyl (C=O) groups excluding carboxylic acids is 1. The number of amides is 1. The lowest BCUT2D eigenvalue weighted by atomic mass is 10.2. The Morgan fingerprint density at radius 3 is 2.94 bits per heavy atom. The van der Waals surface area contributed by atoms with E-state index in [-0.39, 0.29) is 30.6 Å². The van der Waals surface area contributed by atoms with Crippen LogP contribution < -0.4 is 20.3 Å². The van der Waals surface area contributed by atoms with E-state index in [0.717, 1.165) is 5.56 Å². The molecule has 0 unspecified atom stereocenters. The predicted octanol–water partition coefficient (Wildman–Crippen LogP) is 2.34. The minimum absolute atomic E-state index is 0.195. The van der Waals surface area contributed by atoms with Crippen LogP contribution in [-0.4, -0.2) is 38.6 Å². The minimum atomic E-state index is -0.361. The average Bonchev–Trinajstić information content (AvgIpc) is 3.46. The maximum atomic E-state index is 13.4. The molecule has 3 heterocycles. The maximum absolute atomic E-state index is 13.4. The van der Waals surface area contributed by atoms with Gasteiger partial charge >= 0.3 is 0 Å². The van der Waals surface area contributed by atoms with Gasteiger partial charge in [0.1, 0.15) is 17.5 Å². The quantitative estimate of drug-likeness (QED) is 0.424. The zero-order valence-corrected chi connectivity index (χ0v) is 18.0. The number of aromatic nitrogens is 4. The summed E-state index contributed by atoms with van der Waals surface area (Å²) in [6, 6.07) is 11.5. The van der Waals surface area contributed by atoms with Gasteiger partial charge in [-0.05, 0) is 41.5 Å². The van der Waals surface area contributed by atoms with Gasteiger partial charge in [-0.1, -0.05) is 18.2 Å². The Morgan fingerprint density at radius 2 is 2.06 bits per heavy atom.